The average Bonchev–Trinajstić information content (AvgIpc) is 3.59. The number of aromatic nitrogens is 4. The molecule has 1 aliphatic carbocycles. The Balaban J connectivity index is 1.41. The molecule has 172 valence electrons. The molecule has 1 aliphatic heterocycles. The molecule has 34 heavy (non-hydrogen) atoms. The molecule has 8 nitrogen and oxygen atoms in total. The minimum atomic E-state index is -0.256. The number of benzene rings is 2. The Hall–Kier alpha value is -3.78. The summed E-state index contributed by atoms with van der Waals surface area (Å²) in [5.41, 5.74) is 11.0. The van der Waals surface area contributed by atoms with E-state index in [1.54, 1.807) is 21.8 Å². The van der Waals surface area contributed by atoms with Crippen molar-refractivity contribution in [1.82, 2.24) is 20.0 Å². The summed E-state index contributed by atoms with van der Waals surface area (Å²) in [6.45, 7) is 0.717. The van der Waals surface area contributed by atoms with Gasteiger partial charge in [0.1, 0.15) is 5.82 Å². The smallest absolute Gasteiger partial charge is 0.272 e. The summed E-state index contributed by atoms with van der Waals surface area (Å²) >= 11 is 0. The van der Waals surface area contributed by atoms with E-state index in [1.165, 1.54) is 31.2 Å². The topological polar surface area (TPSA) is 110 Å². The minimum Gasteiger partial charge on any atom is -0.325 e. The van der Waals surface area contributed by atoms with E-state index in [4.69, 9.17) is 5.73 Å². The van der Waals surface area contributed by atoms with Gasteiger partial charge in [-0.1, -0.05) is 31.0 Å². The van der Waals surface area contributed by atoms with Gasteiger partial charge in [0.2, 0.25) is 0 Å². The number of hydrogen-bond donors (Lipinski definition) is 2. The summed E-state index contributed by atoms with van der Waals surface area (Å²) in [6, 6.07) is 12.0. The van der Waals surface area contributed by atoms with E-state index < -0.39 is 0 Å². The molecule has 0 saturated heterocycles. The number of aromatic amines is 1. The fourth-order valence-corrected chi connectivity index (χ4v) is 5.50. The molecule has 6 rings (SSSR count). The van der Waals surface area contributed by atoms with Gasteiger partial charge in [0.15, 0.2) is 0 Å². The monoisotopic (exact) mass is 454 g/mol. The first-order valence-corrected chi connectivity index (χ1v) is 11.7. The summed E-state index contributed by atoms with van der Waals surface area (Å²) in [7, 11) is 1.84. The third kappa shape index (κ3) is 3.17. The van der Waals surface area contributed by atoms with Crippen molar-refractivity contribution in [3.63, 3.8) is 0 Å². The standard InChI is InChI=1S/C26H26N6O2/c1-31-25(32-14-18-7-6-16(10-20(18)26(32)34)15-4-2-3-5-15)22(13-28-31)17-8-9-19-21(11-17)23(12-27)29-30-24(19)33/h6-11,13,15H,2-5,12,14,27H2,1H3,(H,30,33). The van der Waals surface area contributed by atoms with Crippen molar-refractivity contribution in [2.24, 2.45) is 12.8 Å². The fraction of sp³-hybridized carbons (Fsp3) is 0.308. The summed E-state index contributed by atoms with van der Waals surface area (Å²) in [5, 5.41) is 12.3. The number of H-pyrrole nitrogens is 1. The van der Waals surface area contributed by atoms with Gasteiger partial charge in [0.05, 0.1) is 23.8 Å². The maximum Gasteiger partial charge on any atom is 0.272 e. The van der Waals surface area contributed by atoms with Crippen LogP contribution in [0.1, 0.15) is 58.8 Å². The van der Waals surface area contributed by atoms with Gasteiger partial charge >= 0.3 is 0 Å². The van der Waals surface area contributed by atoms with Crippen LogP contribution < -0.4 is 16.2 Å². The summed E-state index contributed by atoms with van der Waals surface area (Å²) in [5.74, 6) is 1.29. The summed E-state index contributed by atoms with van der Waals surface area (Å²) < 4.78 is 1.74. The van der Waals surface area contributed by atoms with E-state index in [9.17, 15) is 9.59 Å². The number of carbonyl (C=O) groups excluding carboxylic acids is 1. The fourth-order valence-electron chi connectivity index (χ4n) is 5.50. The lowest BCUT2D eigenvalue weighted by atomic mass is 9.94. The van der Waals surface area contributed by atoms with Crippen LogP contribution in [0.3, 0.4) is 0 Å². The Morgan fingerprint density at radius 2 is 1.88 bits per heavy atom. The molecule has 3 N–H and O–H groups in total. The predicted octanol–water partition coefficient (Wildman–Crippen LogP) is 3.60. The average molecular weight is 455 g/mol. The molecule has 1 saturated carbocycles. The van der Waals surface area contributed by atoms with Gasteiger partial charge in [-0.25, -0.2) is 5.10 Å². The molecule has 0 radical (unpaired) electrons. The second-order valence-electron chi connectivity index (χ2n) is 9.26. The molecule has 0 spiro atoms. The molecule has 8 heteroatoms. The van der Waals surface area contributed by atoms with Crippen molar-refractivity contribution in [1.29, 1.82) is 0 Å². The SMILES string of the molecule is Cn1ncc(-c2ccc3c(=O)[nH]nc(CN)c3c2)c1N1Cc2ccc(C3CCCC3)cc2C1=O. The van der Waals surface area contributed by atoms with Crippen molar-refractivity contribution < 1.29 is 4.79 Å². The molecular formula is C26H26N6O2. The van der Waals surface area contributed by atoms with Crippen molar-refractivity contribution in [3.8, 4) is 11.1 Å². The maximum absolute atomic E-state index is 13.6. The van der Waals surface area contributed by atoms with Crippen molar-refractivity contribution in [3.05, 3.63) is 75.3 Å². The Morgan fingerprint density at radius 3 is 2.68 bits per heavy atom. The van der Waals surface area contributed by atoms with E-state index in [1.807, 2.05) is 19.2 Å². The third-order valence-corrected chi connectivity index (χ3v) is 7.30. The second kappa shape index (κ2) is 7.92. The van der Waals surface area contributed by atoms with Crippen molar-refractivity contribution >= 4 is 22.5 Å². The van der Waals surface area contributed by atoms with Gasteiger partial charge in [0, 0.05) is 30.1 Å². The number of rotatable bonds is 4. The number of hydrogen-bond acceptors (Lipinski definition) is 5. The Labute approximate surface area is 196 Å². The molecule has 0 bridgehead atoms. The first kappa shape index (κ1) is 20.8. The zero-order chi connectivity index (χ0) is 23.4. The van der Waals surface area contributed by atoms with Crippen LogP contribution in [0, 0.1) is 0 Å². The van der Waals surface area contributed by atoms with E-state index in [0.29, 0.717) is 28.9 Å². The number of nitrogens with zero attached hydrogens (tertiary/aromatic N) is 4. The van der Waals surface area contributed by atoms with E-state index in [-0.39, 0.29) is 18.0 Å². The zero-order valence-corrected chi connectivity index (χ0v) is 19.0. The molecule has 2 aliphatic rings. The van der Waals surface area contributed by atoms with Gasteiger partial charge in [-0.15, -0.1) is 0 Å². The Bertz CT molecular complexity index is 1500. The normalized spacial score (nSPS) is 16.1. The number of anilines is 1. The molecule has 1 fully saturated rings. The van der Waals surface area contributed by atoms with Crippen LogP contribution in [-0.2, 0) is 20.1 Å². The molecule has 0 unspecified atom stereocenters. The second-order valence-corrected chi connectivity index (χ2v) is 9.26. The highest BCUT2D eigenvalue weighted by Crippen LogP contribution is 2.39. The van der Waals surface area contributed by atoms with E-state index in [0.717, 1.165) is 28.1 Å². The van der Waals surface area contributed by atoms with Gasteiger partial charge < -0.3 is 5.73 Å². The number of carbonyl (C=O) groups is 1. The quantitative estimate of drug-likeness (QED) is 0.490. The van der Waals surface area contributed by atoms with Crippen LogP contribution in [0.15, 0.2) is 47.4 Å². The largest absolute Gasteiger partial charge is 0.325 e. The number of amides is 1. The van der Waals surface area contributed by atoms with Crippen LogP contribution in [0.2, 0.25) is 0 Å². The molecule has 2 aromatic carbocycles. The van der Waals surface area contributed by atoms with Gasteiger partial charge in [-0.05, 0) is 53.6 Å². The number of nitrogens with one attached hydrogen (secondary N) is 1. The Kier molecular flexibility index (Phi) is 4.84. The van der Waals surface area contributed by atoms with Crippen LogP contribution in [0.5, 0.6) is 0 Å². The third-order valence-electron chi connectivity index (χ3n) is 7.30. The zero-order valence-electron chi connectivity index (χ0n) is 19.0. The maximum atomic E-state index is 13.6. The van der Waals surface area contributed by atoms with Crippen LogP contribution in [0.25, 0.3) is 21.9 Å². The lowest BCUT2D eigenvalue weighted by molar-refractivity contribution is 0.0995. The first-order valence-electron chi connectivity index (χ1n) is 11.7. The summed E-state index contributed by atoms with van der Waals surface area (Å²) in [4.78, 5) is 27.6. The molecule has 3 heterocycles. The van der Waals surface area contributed by atoms with Gasteiger partial charge in [-0.3, -0.25) is 19.2 Å². The molecule has 2 aromatic heterocycles. The van der Waals surface area contributed by atoms with Crippen LogP contribution in [0.4, 0.5) is 5.82 Å². The molecular weight excluding hydrogens is 428 g/mol. The lowest BCUT2D eigenvalue weighted by Gasteiger charge is -2.18. The van der Waals surface area contributed by atoms with Gasteiger partial charge in [-0.2, -0.15) is 10.2 Å². The van der Waals surface area contributed by atoms with Crippen molar-refractivity contribution in [2.45, 2.75) is 44.7 Å². The molecule has 1 amide bonds. The minimum absolute atomic E-state index is 0.00115. The highest BCUT2D eigenvalue weighted by atomic mass is 16.2. The first-order chi connectivity index (χ1) is 16.5. The van der Waals surface area contributed by atoms with Crippen LogP contribution in [-0.4, -0.2) is 25.9 Å². The van der Waals surface area contributed by atoms with Crippen molar-refractivity contribution in [2.75, 3.05) is 4.90 Å². The number of nitrogens with two attached hydrogens (primary N) is 1. The highest BCUT2D eigenvalue weighted by molar-refractivity contribution is 6.11. The van der Waals surface area contributed by atoms with E-state index in [2.05, 4.69) is 33.5 Å². The van der Waals surface area contributed by atoms with Gasteiger partial charge in [0.25, 0.3) is 11.5 Å². The molecule has 0 atom stereocenters. The number of aryl methyl sites for hydroxylation is 1. The summed E-state index contributed by atoms with van der Waals surface area (Å²) in [6.07, 6.45) is 6.69. The highest BCUT2D eigenvalue weighted by Gasteiger charge is 2.33. The lowest BCUT2D eigenvalue weighted by Crippen LogP contribution is -2.26. The predicted molar refractivity (Wildman–Crippen MR) is 131 cm³/mol. The molecule has 4 aromatic rings. The van der Waals surface area contributed by atoms with Crippen LogP contribution >= 0.6 is 0 Å². The number of fused-ring (bicyclic) bond motifs is 2. The Morgan fingerprint density at radius 1 is 1.06 bits per heavy atom. The van der Waals surface area contributed by atoms with E-state index >= 15 is 0 Å².